The molecule has 1 aromatic heterocycles. The number of rotatable bonds is 3. The molecular weight excluding hydrogens is 160 g/mol. The summed E-state index contributed by atoms with van der Waals surface area (Å²) in [7, 11) is 4.02. The molecule has 0 saturated heterocycles. The zero-order valence-electron chi connectivity index (χ0n) is 6.74. The van der Waals surface area contributed by atoms with E-state index in [1.54, 1.807) is 11.3 Å². The first kappa shape index (κ1) is 8.64. The summed E-state index contributed by atoms with van der Waals surface area (Å²) < 4.78 is 0. The number of aliphatic hydroxyl groups excluding tert-OH is 1. The van der Waals surface area contributed by atoms with E-state index < -0.39 is 0 Å². The molecule has 0 bridgehead atoms. The summed E-state index contributed by atoms with van der Waals surface area (Å²) in [5.41, 5.74) is 0. The minimum atomic E-state index is 0.0537. The highest BCUT2D eigenvalue weighted by Gasteiger charge is 2.00. The Morgan fingerprint density at radius 2 is 2.36 bits per heavy atom. The Kier molecular flexibility index (Phi) is 2.99. The van der Waals surface area contributed by atoms with Gasteiger partial charge >= 0.3 is 0 Å². The van der Waals surface area contributed by atoms with Crippen molar-refractivity contribution < 1.29 is 5.11 Å². The maximum absolute atomic E-state index is 8.72. The van der Waals surface area contributed by atoms with Crippen molar-refractivity contribution in [2.24, 2.45) is 0 Å². The average molecular weight is 172 g/mol. The third-order valence-electron chi connectivity index (χ3n) is 1.21. The zero-order valence-corrected chi connectivity index (χ0v) is 7.56. The van der Waals surface area contributed by atoms with Gasteiger partial charge in [-0.15, -0.1) is 11.3 Å². The van der Waals surface area contributed by atoms with Gasteiger partial charge in [-0.1, -0.05) is 0 Å². The molecule has 1 rings (SSSR count). The molecule has 3 nitrogen and oxygen atoms in total. The van der Waals surface area contributed by atoms with E-state index in [0.29, 0.717) is 0 Å². The minimum Gasteiger partial charge on any atom is -0.389 e. The fraction of sp³-hybridized carbons (Fsp3) is 0.571. The highest BCUT2D eigenvalue weighted by atomic mass is 32.1. The van der Waals surface area contributed by atoms with Crippen LogP contribution >= 0.6 is 11.3 Å². The topological polar surface area (TPSA) is 36.4 Å². The van der Waals surface area contributed by atoms with Crippen LogP contribution in [0, 0.1) is 0 Å². The van der Waals surface area contributed by atoms with Gasteiger partial charge in [0.1, 0.15) is 5.01 Å². The standard InChI is InChI=1S/C7H12N2OS/c1-9(2)4-6-3-8-7(5-10)11-6/h3,10H,4-5H2,1-2H3. The quantitative estimate of drug-likeness (QED) is 0.729. The van der Waals surface area contributed by atoms with Crippen LogP contribution in [0.4, 0.5) is 0 Å². The van der Waals surface area contributed by atoms with Crippen LogP contribution in [0.25, 0.3) is 0 Å². The van der Waals surface area contributed by atoms with E-state index in [9.17, 15) is 0 Å². The van der Waals surface area contributed by atoms with Crippen LogP contribution in [0.5, 0.6) is 0 Å². The molecule has 0 atom stereocenters. The Morgan fingerprint density at radius 1 is 1.64 bits per heavy atom. The van der Waals surface area contributed by atoms with Gasteiger partial charge in [0.2, 0.25) is 0 Å². The van der Waals surface area contributed by atoms with E-state index >= 15 is 0 Å². The third-order valence-corrected chi connectivity index (χ3v) is 2.18. The summed E-state index contributed by atoms with van der Waals surface area (Å²) in [4.78, 5) is 7.30. The van der Waals surface area contributed by atoms with Gasteiger partial charge < -0.3 is 10.0 Å². The second kappa shape index (κ2) is 3.80. The van der Waals surface area contributed by atoms with Crippen molar-refractivity contribution in [3.05, 3.63) is 16.1 Å². The summed E-state index contributed by atoms with van der Waals surface area (Å²) in [6.45, 7) is 0.954. The van der Waals surface area contributed by atoms with E-state index in [1.165, 1.54) is 4.88 Å². The number of thiazole rings is 1. The molecule has 1 aromatic rings. The van der Waals surface area contributed by atoms with Gasteiger partial charge in [-0.25, -0.2) is 4.98 Å². The number of hydrogen-bond donors (Lipinski definition) is 1. The molecule has 0 fully saturated rings. The Labute approximate surface area is 70.3 Å². The Hall–Kier alpha value is -0.450. The van der Waals surface area contributed by atoms with Crippen LogP contribution in [0.15, 0.2) is 6.20 Å². The second-order valence-corrected chi connectivity index (χ2v) is 3.82. The van der Waals surface area contributed by atoms with Crippen molar-refractivity contribution >= 4 is 11.3 Å². The first-order valence-electron chi connectivity index (χ1n) is 3.41. The number of nitrogens with zero attached hydrogens (tertiary/aromatic N) is 2. The van der Waals surface area contributed by atoms with Crippen LogP contribution < -0.4 is 0 Å². The van der Waals surface area contributed by atoms with Crippen LogP contribution in [0.2, 0.25) is 0 Å². The minimum absolute atomic E-state index is 0.0537. The van der Waals surface area contributed by atoms with Crippen molar-refractivity contribution in [3.8, 4) is 0 Å². The molecule has 0 radical (unpaired) electrons. The largest absolute Gasteiger partial charge is 0.389 e. The second-order valence-electron chi connectivity index (χ2n) is 2.62. The summed E-state index contributed by atoms with van der Waals surface area (Å²) in [6, 6.07) is 0. The SMILES string of the molecule is CN(C)Cc1cnc(CO)s1. The zero-order chi connectivity index (χ0) is 8.27. The average Bonchev–Trinajstić information content (AvgIpc) is 2.34. The third kappa shape index (κ3) is 2.57. The molecule has 0 spiro atoms. The van der Waals surface area contributed by atoms with Gasteiger partial charge in [0.15, 0.2) is 0 Å². The molecule has 0 unspecified atom stereocenters. The molecule has 4 heteroatoms. The lowest BCUT2D eigenvalue weighted by atomic mass is 10.5. The fourth-order valence-corrected chi connectivity index (χ4v) is 1.71. The van der Waals surface area contributed by atoms with Crippen molar-refractivity contribution in [1.29, 1.82) is 0 Å². The molecule has 1 heterocycles. The summed E-state index contributed by atoms with van der Waals surface area (Å²) in [5, 5.41) is 9.51. The van der Waals surface area contributed by atoms with Crippen LogP contribution in [0.1, 0.15) is 9.88 Å². The molecule has 0 aliphatic carbocycles. The Morgan fingerprint density at radius 3 is 2.82 bits per heavy atom. The fourth-order valence-electron chi connectivity index (χ4n) is 0.806. The predicted octanol–water partition coefficient (Wildman–Crippen LogP) is 0.697. The maximum Gasteiger partial charge on any atom is 0.118 e. The van der Waals surface area contributed by atoms with Crippen molar-refractivity contribution in [2.75, 3.05) is 14.1 Å². The highest BCUT2D eigenvalue weighted by molar-refractivity contribution is 7.11. The van der Waals surface area contributed by atoms with Crippen molar-refractivity contribution in [1.82, 2.24) is 9.88 Å². The molecular formula is C7H12N2OS. The van der Waals surface area contributed by atoms with E-state index in [4.69, 9.17) is 5.11 Å². The molecule has 0 aliphatic heterocycles. The molecule has 0 aromatic carbocycles. The number of aromatic nitrogens is 1. The van der Waals surface area contributed by atoms with Crippen molar-refractivity contribution in [2.45, 2.75) is 13.2 Å². The normalized spacial score (nSPS) is 10.9. The lowest BCUT2D eigenvalue weighted by molar-refractivity contribution is 0.281. The monoisotopic (exact) mass is 172 g/mol. The van der Waals surface area contributed by atoms with Gasteiger partial charge in [-0.05, 0) is 14.1 Å². The first-order valence-corrected chi connectivity index (χ1v) is 4.23. The molecule has 0 aliphatic rings. The van der Waals surface area contributed by atoms with Crippen LogP contribution in [0.3, 0.4) is 0 Å². The number of aliphatic hydroxyl groups is 1. The van der Waals surface area contributed by atoms with Crippen molar-refractivity contribution in [3.63, 3.8) is 0 Å². The van der Waals surface area contributed by atoms with E-state index in [2.05, 4.69) is 9.88 Å². The Bertz CT molecular complexity index is 222. The van der Waals surface area contributed by atoms with Crippen LogP contribution in [-0.4, -0.2) is 29.1 Å². The summed E-state index contributed by atoms with van der Waals surface area (Å²) in [6.07, 6.45) is 1.82. The highest BCUT2D eigenvalue weighted by Crippen LogP contribution is 2.13. The van der Waals surface area contributed by atoms with Gasteiger partial charge in [0.25, 0.3) is 0 Å². The molecule has 62 valence electrons. The lowest BCUT2D eigenvalue weighted by Gasteiger charge is -2.05. The van der Waals surface area contributed by atoms with Crippen LogP contribution in [-0.2, 0) is 13.2 Å². The van der Waals surface area contributed by atoms with Gasteiger partial charge in [-0.2, -0.15) is 0 Å². The predicted molar refractivity (Wildman–Crippen MR) is 45.4 cm³/mol. The first-order chi connectivity index (χ1) is 5.22. The number of hydrogen-bond acceptors (Lipinski definition) is 4. The van der Waals surface area contributed by atoms with E-state index in [0.717, 1.165) is 11.6 Å². The molecule has 1 N–H and O–H groups in total. The molecule has 0 amide bonds. The smallest absolute Gasteiger partial charge is 0.118 e. The lowest BCUT2D eigenvalue weighted by Crippen LogP contribution is -2.09. The van der Waals surface area contributed by atoms with E-state index in [-0.39, 0.29) is 6.61 Å². The van der Waals surface area contributed by atoms with Gasteiger partial charge in [-0.3, -0.25) is 0 Å². The Balaban J connectivity index is 2.58. The van der Waals surface area contributed by atoms with Gasteiger partial charge in [0.05, 0.1) is 6.61 Å². The van der Waals surface area contributed by atoms with Gasteiger partial charge in [0, 0.05) is 17.6 Å². The maximum atomic E-state index is 8.72. The molecule has 0 saturated carbocycles. The molecule has 11 heavy (non-hydrogen) atoms. The summed E-state index contributed by atoms with van der Waals surface area (Å²) in [5.74, 6) is 0. The summed E-state index contributed by atoms with van der Waals surface area (Å²) >= 11 is 1.56. The van der Waals surface area contributed by atoms with E-state index in [1.807, 2.05) is 20.3 Å².